The number of ketones is 1. The predicted molar refractivity (Wildman–Crippen MR) is 73.1 cm³/mol. The number of ether oxygens (including phenoxy) is 1. The largest absolute Gasteiger partial charge is 0.361 e. The van der Waals surface area contributed by atoms with E-state index in [1.54, 1.807) is 0 Å². The van der Waals surface area contributed by atoms with Crippen molar-refractivity contribution in [2.45, 2.75) is 11.7 Å². The van der Waals surface area contributed by atoms with Crippen LogP contribution in [0.5, 0.6) is 0 Å². The minimum Gasteiger partial charge on any atom is -0.361 e. The third kappa shape index (κ3) is 1.88. The van der Waals surface area contributed by atoms with Gasteiger partial charge in [-0.05, 0) is 11.1 Å². The molecule has 0 bridgehead atoms. The van der Waals surface area contributed by atoms with Crippen LogP contribution in [-0.4, -0.2) is 16.8 Å². The summed E-state index contributed by atoms with van der Waals surface area (Å²) in [6, 6.07) is 18.8. The van der Waals surface area contributed by atoms with E-state index >= 15 is 0 Å². The predicted octanol–water partition coefficient (Wildman–Crippen LogP) is 2.52. The first-order valence-electron chi connectivity index (χ1n) is 6.29. The van der Waals surface area contributed by atoms with E-state index in [-0.39, 0.29) is 11.9 Å². The molecule has 20 heavy (non-hydrogen) atoms. The standard InChI is InChI=1S/C16H12N2O2/c17-18-11-14(19)16(13-9-5-2-6-10-13)15(20-16)12-7-3-1-4-8-12/h1-11,15H/t15-,16+/m0/s1. The number of carbonyl (C=O) groups is 1. The van der Waals surface area contributed by atoms with Crippen LogP contribution >= 0.6 is 0 Å². The molecule has 3 rings (SSSR count). The van der Waals surface area contributed by atoms with Crippen LogP contribution in [0.15, 0.2) is 60.7 Å². The number of rotatable bonds is 4. The second-order valence-corrected chi connectivity index (χ2v) is 4.62. The molecular formula is C16H12N2O2. The van der Waals surface area contributed by atoms with E-state index in [1.165, 1.54) is 0 Å². The molecule has 2 atom stereocenters. The van der Waals surface area contributed by atoms with Crippen molar-refractivity contribution in [2.24, 2.45) is 0 Å². The third-order valence-corrected chi connectivity index (χ3v) is 3.46. The van der Waals surface area contributed by atoms with Crippen molar-refractivity contribution in [3.05, 3.63) is 77.3 Å². The molecule has 0 saturated carbocycles. The van der Waals surface area contributed by atoms with Gasteiger partial charge in [0.25, 0.3) is 5.78 Å². The molecule has 1 heterocycles. The molecular weight excluding hydrogens is 252 g/mol. The van der Waals surface area contributed by atoms with Crippen LogP contribution in [0.3, 0.4) is 0 Å². The molecule has 0 amide bonds. The molecule has 2 aromatic carbocycles. The first-order valence-corrected chi connectivity index (χ1v) is 6.29. The maximum Gasteiger partial charge on any atom is 0.326 e. The van der Waals surface area contributed by atoms with E-state index in [9.17, 15) is 4.79 Å². The van der Waals surface area contributed by atoms with Crippen molar-refractivity contribution in [3.63, 3.8) is 0 Å². The Morgan fingerprint density at radius 1 is 1.10 bits per heavy atom. The molecule has 0 aromatic heterocycles. The number of carbonyl (C=O) groups excluding carboxylic acids is 1. The van der Waals surface area contributed by atoms with Gasteiger partial charge in [-0.1, -0.05) is 60.7 Å². The van der Waals surface area contributed by atoms with Gasteiger partial charge in [0.1, 0.15) is 6.10 Å². The van der Waals surface area contributed by atoms with Crippen LogP contribution in [0, 0.1) is 0 Å². The Morgan fingerprint density at radius 3 is 2.30 bits per heavy atom. The molecule has 1 saturated heterocycles. The zero-order valence-electron chi connectivity index (χ0n) is 10.6. The number of epoxide rings is 1. The lowest BCUT2D eigenvalue weighted by atomic mass is 9.88. The van der Waals surface area contributed by atoms with Gasteiger partial charge in [0, 0.05) is 0 Å². The first kappa shape index (κ1) is 12.5. The molecule has 98 valence electrons. The molecule has 0 unspecified atom stereocenters. The molecule has 0 spiro atoms. The zero-order chi connectivity index (χ0) is 14.0. The average molecular weight is 264 g/mol. The Labute approximate surface area is 116 Å². The van der Waals surface area contributed by atoms with Crippen molar-refractivity contribution >= 4 is 12.0 Å². The molecule has 0 aliphatic carbocycles. The monoisotopic (exact) mass is 264 g/mol. The highest BCUT2D eigenvalue weighted by molar-refractivity contribution is 6.30. The van der Waals surface area contributed by atoms with Gasteiger partial charge in [0.15, 0.2) is 5.60 Å². The van der Waals surface area contributed by atoms with E-state index in [1.807, 2.05) is 60.7 Å². The summed E-state index contributed by atoms with van der Waals surface area (Å²) in [4.78, 5) is 15.1. The lowest BCUT2D eigenvalue weighted by Crippen LogP contribution is -2.24. The Morgan fingerprint density at radius 2 is 1.70 bits per heavy atom. The maximum atomic E-state index is 12.3. The summed E-state index contributed by atoms with van der Waals surface area (Å²) >= 11 is 0. The van der Waals surface area contributed by atoms with Gasteiger partial charge in [-0.3, -0.25) is 4.79 Å². The van der Waals surface area contributed by atoms with Gasteiger partial charge in [-0.15, -0.1) is 0 Å². The average Bonchev–Trinajstić information content (AvgIpc) is 3.26. The summed E-state index contributed by atoms with van der Waals surface area (Å²) in [7, 11) is 0. The van der Waals surface area contributed by atoms with Crippen molar-refractivity contribution < 1.29 is 14.3 Å². The van der Waals surface area contributed by atoms with Crippen molar-refractivity contribution in [1.82, 2.24) is 0 Å². The molecule has 2 aromatic rings. The lowest BCUT2D eigenvalue weighted by molar-refractivity contribution is -0.121. The quantitative estimate of drug-likeness (QED) is 0.368. The van der Waals surface area contributed by atoms with E-state index < -0.39 is 5.60 Å². The highest BCUT2D eigenvalue weighted by Gasteiger charge is 2.64. The number of nitrogens with zero attached hydrogens (tertiary/aromatic N) is 2. The molecule has 0 N–H and O–H groups in total. The highest BCUT2D eigenvalue weighted by atomic mass is 16.6. The van der Waals surface area contributed by atoms with Gasteiger partial charge in [0.05, 0.1) is 0 Å². The summed E-state index contributed by atoms with van der Waals surface area (Å²) in [5, 5.41) is 0. The summed E-state index contributed by atoms with van der Waals surface area (Å²) < 4.78 is 5.74. The van der Waals surface area contributed by atoms with Crippen LogP contribution < -0.4 is 0 Å². The first-order chi connectivity index (χ1) is 9.79. The van der Waals surface area contributed by atoms with Crippen LogP contribution in [0.2, 0.25) is 0 Å². The fraction of sp³-hybridized carbons (Fsp3) is 0.125. The molecule has 4 nitrogen and oxygen atoms in total. The topological polar surface area (TPSA) is 66.0 Å². The van der Waals surface area contributed by atoms with Crippen LogP contribution in [0.4, 0.5) is 0 Å². The van der Waals surface area contributed by atoms with E-state index in [0.29, 0.717) is 0 Å². The Hall–Kier alpha value is -2.55. The normalized spacial score (nSPS) is 23.7. The Balaban J connectivity index is 2.05. The van der Waals surface area contributed by atoms with E-state index in [0.717, 1.165) is 17.3 Å². The van der Waals surface area contributed by atoms with Gasteiger partial charge in [-0.25, -0.2) is 0 Å². The second kappa shape index (κ2) is 4.85. The molecule has 1 fully saturated rings. The van der Waals surface area contributed by atoms with Gasteiger partial charge >= 0.3 is 6.21 Å². The molecule has 1 aliphatic rings. The SMILES string of the molecule is [N-]=[N+]=CC(=O)[C@@]1(c2ccccc2)O[C@H]1c1ccccc1. The number of hydrogen-bond donors (Lipinski definition) is 0. The number of Topliss-reactive ketones (excluding diaryl/α,β-unsaturated/α-hetero) is 1. The number of benzene rings is 2. The summed E-state index contributed by atoms with van der Waals surface area (Å²) in [6.07, 6.45) is 0.548. The van der Waals surface area contributed by atoms with E-state index in [2.05, 4.69) is 4.79 Å². The Bertz CT molecular complexity index is 678. The maximum absolute atomic E-state index is 12.3. The van der Waals surface area contributed by atoms with Crippen molar-refractivity contribution in [1.29, 1.82) is 0 Å². The smallest absolute Gasteiger partial charge is 0.326 e. The number of hydrogen-bond acceptors (Lipinski definition) is 2. The summed E-state index contributed by atoms with van der Waals surface area (Å²) in [5.74, 6) is -0.361. The molecule has 1 aliphatic heterocycles. The van der Waals surface area contributed by atoms with E-state index in [4.69, 9.17) is 10.3 Å². The Kier molecular flexibility index (Phi) is 3.03. The minimum atomic E-state index is -1.07. The highest BCUT2D eigenvalue weighted by Crippen LogP contribution is 2.57. The van der Waals surface area contributed by atoms with Crippen LogP contribution in [0.25, 0.3) is 5.53 Å². The lowest BCUT2D eigenvalue weighted by Gasteiger charge is -2.07. The summed E-state index contributed by atoms with van der Waals surface area (Å²) in [6.45, 7) is 0. The molecule has 4 heteroatoms. The summed E-state index contributed by atoms with van der Waals surface area (Å²) in [5.41, 5.74) is 9.24. The van der Waals surface area contributed by atoms with Gasteiger partial charge in [-0.2, -0.15) is 4.79 Å². The van der Waals surface area contributed by atoms with Crippen molar-refractivity contribution in [2.75, 3.05) is 0 Å². The second-order valence-electron chi connectivity index (χ2n) is 4.62. The minimum absolute atomic E-state index is 0.350. The van der Waals surface area contributed by atoms with Crippen molar-refractivity contribution in [3.8, 4) is 0 Å². The fourth-order valence-corrected chi connectivity index (χ4v) is 2.47. The van der Waals surface area contributed by atoms with Crippen LogP contribution in [0.1, 0.15) is 17.2 Å². The fourth-order valence-electron chi connectivity index (χ4n) is 2.47. The molecule has 0 radical (unpaired) electrons. The van der Waals surface area contributed by atoms with Gasteiger partial charge in [0.2, 0.25) is 0 Å². The van der Waals surface area contributed by atoms with Gasteiger partial charge < -0.3 is 10.3 Å². The zero-order valence-corrected chi connectivity index (χ0v) is 10.6. The third-order valence-electron chi connectivity index (χ3n) is 3.46. The van der Waals surface area contributed by atoms with Crippen LogP contribution in [-0.2, 0) is 15.1 Å².